The van der Waals surface area contributed by atoms with Crippen LogP contribution in [0.4, 0.5) is 4.39 Å². The Morgan fingerprint density at radius 3 is 2.94 bits per heavy atom. The quantitative estimate of drug-likeness (QED) is 0.852. The number of halogens is 2. The molecule has 0 amide bonds. The van der Waals surface area contributed by atoms with Crippen LogP contribution in [-0.2, 0) is 6.54 Å². The number of rotatable bonds is 6. The predicted molar refractivity (Wildman–Crippen MR) is 71.4 cm³/mol. The van der Waals surface area contributed by atoms with Crippen LogP contribution >= 0.6 is 11.6 Å². The third kappa shape index (κ3) is 4.31. The van der Waals surface area contributed by atoms with E-state index in [1.165, 1.54) is 30.5 Å². The summed E-state index contributed by atoms with van der Waals surface area (Å²) in [4.78, 5) is 0. The lowest BCUT2D eigenvalue weighted by atomic mass is 10.2. The fourth-order valence-corrected chi connectivity index (χ4v) is 1.65. The van der Waals surface area contributed by atoms with E-state index in [9.17, 15) is 4.39 Å². The lowest BCUT2D eigenvalue weighted by Gasteiger charge is -2.09. The zero-order valence-electron chi connectivity index (χ0n) is 10.4. The summed E-state index contributed by atoms with van der Waals surface area (Å²) in [6.45, 7) is 2.92. The molecule has 0 bridgehead atoms. The zero-order valence-corrected chi connectivity index (χ0v) is 11.1. The van der Waals surface area contributed by atoms with Gasteiger partial charge in [-0.25, -0.2) is 4.39 Å². The number of nitrogens with one attached hydrogen (secondary N) is 1. The van der Waals surface area contributed by atoms with Crippen molar-refractivity contribution in [2.45, 2.75) is 32.4 Å². The molecule has 18 heavy (non-hydrogen) atoms. The van der Waals surface area contributed by atoms with E-state index in [0.717, 1.165) is 11.1 Å². The average molecular weight is 270 g/mol. The molecule has 1 aliphatic carbocycles. The standard InChI is InChI=1S/C14H17ClFNO/c1-10(7-15)9-18-14-5-11(4-12(16)6-14)8-17-13-2-3-13/h4-7,13,17H,2-3,8-9H2,1H3/b10-7-. The third-order valence-corrected chi connectivity index (χ3v) is 3.13. The SMILES string of the molecule is C/C(=C/Cl)COc1cc(F)cc(CNC2CC2)c1. The summed E-state index contributed by atoms with van der Waals surface area (Å²) in [6, 6.07) is 5.40. The van der Waals surface area contributed by atoms with Gasteiger partial charge in [-0.2, -0.15) is 0 Å². The molecule has 0 radical (unpaired) electrons. The number of ether oxygens (including phenoxy) is 1. The lowest BCUT2D eigenvalue weighted by Crippen LogP contribution is -2.15. The van der Waals surface area contributed by atoms with Gasteiger partial charge in [0.15, 0.2) is 0 Å². The summed E-state index contributed by atoms with van der Waals surface area (Å²) in [5.74, 6) is 0.271. The van der Waals surface area contributed by atoms with E-state index in [-0.39, 0.29) is 5.82 Å². The van der Waals surface area contributed by atoms with Crippen LogP contribution in [0.15, 0.2) is 29.3 Å². The van der Waals surface area contributed by atoms with Gasteiger partial charge < -0.3 is 10.1 Å². The first-order chi connectivity index (χ1) is 8.67. The Bertz CT molecular complexity index is 443. The van der Waals surface area contributed by atoms with Gasteiger partial charge in [0.2, 0.25) is 0 Å². The largest absolute Gasteiger partial charge is 0.489 e. The molecule has 0 spiro atoms. The van der Waals surface area contributed by atoms with Gasteiger partial charge in [-0.15, -0.1) is 0 Å². The Morgan fingerprint density at radius 1 is 1.50 bits per heavy atom. The Balaban J connectivity index is 1.95. The van der Waals surface area contributed by atoms with Gasteiger partial charge in [0.1, 0.15) is 18.2 Å². The van der Waals surface area contributed by atoms with Gasteiger partial charge in [0.25, 0.3) is 0 Å². The summed E-state index contributed by atoms with van der Waals surface area (Å²) < 4.78 is 18.9. The van der Waals surface area contributed by atoms with Crippen LogP contribution in [0.1, 0.15) is 25.3 Å². The second-order valence-corrected chi connectivity index (χ2v) is 4.91. The molecule has 4 heteroatoms. The van der Waals surface area contributed by atoms with Gasteiger partial charge in [0, 0.05) is 24.2 Å². The van der Waals surface area contributed by atoms with Crippen molar-refractivity contribution in [3.05, 3.63) is 40.7 Å². The van der Waals surface area contributed by atoms with E-state index >= 15 is 0 Å². The molecule has 1 fully saturated rings. The first-order valence-corrected chi connectivity index (χ1v) is 6.52. The first kappa shape index (κ1) is 13.4. The van der Waals surface area contributed by atoms with Crippen LogP contribution in [-0.4, -0.2) is 12.6 Å². The summed E-state index contributed by atoms with van der Waals surface area (Å²) >= 11 is 5.55. The molecule has 0 aliphatic heterocycles. The topological polar surface area (TPSA) is 21.3 Å². The highest BCUT2D eigenvalue weighted by molar-refractivity contribution is 6.25. The van der Waals surface area contributed by atoms with Crippen molar-refractivity contribution in [3.8, 4) is 5.75 Å². The molecule has 2 rings (SSSR count). The molecule has 0 aromatic heterocycles. The lowest BCUT2D eigenvalue weighted by molar-refractivity contribution is 0.349. The maximum Gasteiger partial charge on any atom is 0.127 e. The predicted octanol–water partition coefficient (Wildman–Crippen LogP) is 3.60. The minimum absolute atomic E-state index is 0.271. The highest BCUT2D eigenvalue weighted by Gasteiger charge is 2.20. The molecule has 1 aliphatic rings. The zero-order chi connectivity index (χ0) is 13.0. The summed E-state index contributed by atoms with van der Waals surface area (Å²) in [6.07, 6.45) is 2.44. The highest BCUT2D eigenvalue weighted by Crippen LogP contribution is 2.21. The minimum atomic E-state index is -0.271. The van der Waals surface area contributed by atoms with Gasteiger partial charge >= 0.3 is 0 Å². The van der Waals surface area contributed by atoms with Gasteiger partial charge in [-0.3, -0.25) is 0 Å². The number of hydrogen-bond acceptors (Lipinski definition) is 2. The van der Waals surface area contributed by atoms with E-state index in [4.69, 9.17) is 16.3 Å². The summed E-state index contributed by atoms with van der Waals surface area (Å²) in [7, 11) is 0. The highest BCUT2D eigenvalue weighted by atomic mass is 35.5. The average Bonchev–Trinajstić information content (AvgIpc) is 3.17. The maximum absolute atomic E-state index is 13.4. The van der Waals surface area contributed by atoms with Crippen LogP contribution < -0.4 is 10.1 Å². The molecule has 0 atom stereocenters. The van der Waals surface area contributed by atoms with Crippen molar-refractivity contribution < 1.29 is 9.13 Å². The smallest absolute Gasteiger partial charge is 0.127 e. The van der Waals surface area contributed by atoms with E-state index in [1.54, 1.807) is 0 Å². The maximum atomic E-state index is 13.4. The first-order valence-electron chi connectivity index (χ1n) is 6.09. The minimum Gasteiger partial charge on any atom is -0.489 e. The van der Waals surface area contributed by atoms with E-state index in [2.05, 4.69) is 5.32 Å². The molecule has 1 aromatic rings. The van der Waals surface area contributed by atoms with Crippen LogP contribution in [0.25, 0.3) is 0 Å². The molecule has 1 aromatic carbocycles. The molecule has 98 valence electrons. The molecule has 0 saturated heterocycles. The second kappa shape index (κ2) is 6.21. The monoisotopic (exact) mass is 269 g/mol. The van der Waals surface area contributed by atoms with Crippen LogP contribution in [0.5, 0.6) is 5.75 Å². The Hall–Kier alpha value is -1.06. The summed E-state index contributed by atoms with van der Waals surface area (Å²) in [5.41, 5.74) is 3.28. The molecule has 2 nitrogen and oxygen atoms in total. The number of benzene rings is 1. The van der Waals surface area contributed by atoms with Crippen LogP contribution in [0.2, 0.25) is 0 Å². The fraction of sp³-hybridized carbons (Fsp3) is 0.429. The van der Waals surface area contributed by atoms with E-state index < -0.39 is 0 Å². The molecular formula is C14H17ClFNO. The van der Waals surface area contributed by atoms with Crippen molar-refractivity contribution in [2.24, 2.45) is 0 Å². The second-order valence-electron chi connectivity index (χ2n) is 4.69. The number of hydrogen-bond donors (Lipinski definition) is 1. The molecular weight excluding hydrogens is 253 g/mol. The van der Waals surface area contributed by atoms with Crippen molar-refractivity contribution in [1.82, 2.24) is 5.32 Å². The molecule has 1 saturated carbocycles. The van der Waals surface area contributed by atoms with Crippen molar-refractivity contribution in [1.29, 1.82) is 0 Å². The van der Waals surface area contributed by atoms with Crippen molar-refractivity contribution in [3.63, 3.8) is 0 Å². The fourth-order valence-electron chi connectivity index (χ4n) is 1.58. The Kier molecular flexibility index (Phi) is 4.61. The van der Waals surface area contributed by atoms with Crippen molar-refractivity contribution in [2.75, 3.05) is 6.61 Å². The molecule has 0 unspecified atom stereocenters. The normalized spacial score (nSPS) is 15.8. The Labute approximate surface area is 112 Å². The third-order valence-electron chi connectivity index (χ3n) is 2.76. The van der Waals surface area contributed by atoms with Crippen LogP contribution in [0.3, 0.4) is 0 Å². The van der Waals surface area contributed by atoms with Gasteiger partial charge in [-0.1, -0.05) is 11.6 Å². The Morgan fingerprint density at radius 2 is 2.28 bits per heavy atom. The van der Waals surface area contributed by atoms with Gasteiger partial charge in [-0.05, 0) is 43.0 Å². The van der Waals surface area contributed by atoms with E-state index in [1.807, 2.05) is 13.0 Å². The van der Waals surface area contributed by atoms with Crippen molar-refractivity contribution >= 4 is 11.6 Å². The summed E-state index contributed by atoms with van der Waals surface area (Å²) in [5, 5.41) is 3.35. The molecule has 0 heterocycles. The molecule has 1 N–H and O–H groups in total. The van der Waals surface area contributed by atoms with Gasteiger partial charge in [0.05, 0.1) is 0 Å². The van der Waals surface area contributed by atoms with E-state index in [0.29, 0.717) is 24.9 Å². The van der Waals surface area contributed by atoms with Crippen LogP contribution in [0, 0.1) is 5.82 Å².